The van der Waals surface area contributed by atoms with E-state index in [1.807, 2.05) is 24.3 Å². The van der Waals surface area contributed by atoms with Crippen LogP contribution in [-0.2, 0) is 0 Å². The average molecular weight is 187 g/mol. The summed E-state index contributed by atoms with van der Waals surface area (Å²) in [4.78, 5) is 0. The molecule has 0 atom stereocenters. The second-order valence-electron chi connectivity index (χ2n) is 2.78. The standard InChI is InChI=1S/C11H13N3/c12-7-1-2-8-14-11-5-3-10(9-13)4-6-11/h1-6,14H,7-8,12H2/b2-1+. The van der Waals surface area contributed by atoms with E-state index in [9.17, 15) is 0 Å². The summed E-state index contributed by atoms with van der Waals surface area (Å²) < 4.78 is 0. The Morgan fingerprint density at radius 3 is 2.57 bits per heavy atom. The Kier molecular flexibility index (Phi) is 4.25. The third-order valence-corrected chi connectivity index (χ3v) is 1.74. The minimum atomic E-state index is 0.565. The van der Waals surface area contributed by atoms with Crippen LogP contribution in [-0.4, -0.2) is 13.1 Å². The van der Waals surface area contributed by atoms with E-state index in [0.29, 0.717) is 12.1 Å². The molecule has 1 rings (SSSR count). The largest absolute Gasteiger partial charge is 0.382 e. The van der Waals surface area contributed by atoms with E-state index in [2.05, 4.69) is 11.4 Å². The summed E-state index contributed by atoms with van der Waals surface area (Å²) in [7, 11) is 0. The van der Waals surface area contributed by atoms with Crippen molar-refractivity contribution in [3.8, 4) is 6.07 Å². The number of nitriles is 1. The molecule has 1 aromatic carbocycles. The highest BCUT2D eigenvalue weighted by atomic mass is 14.8. The van der Waals surface area contributed by atoms with Gasteiger partial charge in [0.15, 0.2) is 0 Å². The van der Waals surface area contributed by atoms with Gasteiger partial charge in [0.1, 0.15) is 0 Å². The van der Waals surface area contributed by atoms with Crippen LogP contribution in [0.25, 0.3) is 0 Å². The van der Waals surface area contributed by atoms with Crippen LogP contribution in [0.15, 0.2) is 36.4 Å². The van der Waals surface area contributed by atoms with Gasteiger partial charge in [-0.3, -0.25) is 0 Å². The van der Waals surface area contributed by atoms with Crippen molar-refractivity contribution in [3.05, 3.63) is 42.0 Å². The second kappa shape index (κ2) is 5.79. The van der Waals surface area contributed by atoms with Crippen LogP contribution >= 0.6 is 0 Å². The Labute approximate surface area is 83.8 Å². The Morgan fingerprint density at radius 1 is 1.29 bits per heavy atom. The zero-order valence-electron chi connectivity index (χ0n) is 7.90. The lowest BCUT2D eigenvalue weighted by Gasteiger charge is -2.02. The maximum Gasteiger partial charge on any atom is 0.0991 e. The normalized spacial score (nSPS) is 10.0. The van der Waals surface area contributed by atoms with E-state index in [1.54, 1.807) is 12.1 Å². The van der Waals surface area contributed by atoms with Gasteiger partial charge in [-0.1, -0.05) is 12.2 Å². The number of nitrogens with two attached hydrogens (primary N) is 1. The molecule has 0 aliphatic carbocycles. The molecule has 0 spiro atoms. The number of benzene rings is 1. The highest BCUT2D eigenvalue weighted by molar-refractivity contribution is 5.47. The highest BCUT2D eigenvalue weighted by Crippen LogP contribution is 2.07. The van der Waals surface area contributed by atoms with Gasteiger partial charge >= 0.3 is 0 Å². The molecule has 0 heterocycles. The van der Waals surface area contributed by atoms with Crippen molar-refractivity contribution in [1.29, 1.82) is 5.26 Å². The summed E-state index contributed by atoms with van der Waals surface area (Å²) in [6.07, 6.45) is 3.87. The number of anilines is 1. The maximum atomic E-state index is 8.58. The predicted octanol–water partition coefficient (Wildman–Crippen LogP) is 1.49. The molecule has 0 amide bonds. The van der Waals surface area contributed by atoms with E-state index in [1.165, 1.54) is 0 Å². The van der Waals surface area contributed by atoms with E-state index in [0.717, 1.165) is 12.2 Å². The number of hydrogen-bond acceptors (Lipinski definition) is 3. The van der Waals surface area contributed by atoms with Crippen molar-refractivity contribution in [2.24, 2.45) is 5.73 Å². The van der Waals surface area contributed by atoms with Crippen LogP contribution in [0.1, 0.15) is 5.56 Å². The molecular formula is C11H13N3. The lowest BCUT2D eigenvalue weighted by atomic mass is 10.2. The Balaban J connectivity index is 2.45. The van der Waals surface area contributed by atoms with E-state index in [-0.39, 0.29) is 0 Å². The average Bonchev–Trinajstić information content (AvgIpc) is 2.25. The van der Waals surface area contributed by atoms with Gasteiger partial charge in [0.2, 0.25) is 0 Å². The number of rotatable bonds is 4. The third kappa shape index (κ3) is 3.30. The summed E-state index contributed by atoms with van der Waals surface area (Å²) in [6.45, 7) is 1.32. The molecule has 0 aliphatic heterocycles. The molecule has 0 aliphatic rings. The molecule has 3 heteroatoms. The Morgan fingerprint density at radius 2 is 2.00 bits per heavy atom. The molecule has 0 saturated carbocycles. The molecule has 0 bridgehead atoms. The Bertz CT molecular complexity index is 333. The summed E-state index contributed by atoms with van der Waals surface area (Å²) >= 11 is 0. The Hall–Kier alpha value is -1.79. The van der Waals surface area contributed by atoms with Crippen LogP contribution in [0.5, 0.6) is 0 Å². The van der Waals surface area contributed by atoms with Gasteiger partial charge in [0.25, 0.3) is 0 Å². The molecule has 14 heavy (non-hydrogen) atoms. The van der Waals surface area contributed by atoms with E-state index in [4.69, 9.17) is 11.0 Å². The summed E-state index contributed by atoms with van der Waals surface area (Å²) in [6, 6.07) is 9.41. The first-order valence-corrected chi connectivity index (χ1v) is 4.46. The van der Waals surface area contributed by atoms with Crippen LogP contribution < -0.4 is 11.1 Å². The van der Waals surface area contributed by atoms with Gasteiger partial charge in [0.05, 0.1) is 11.6 Å². The maximum absolute atomic E-state index is 8.58. The van der Waals surface area contributed by atoms with Crippen molar-refractivity contribution in [2.75, 3.05) is 18.4 Å². The van der Waals surface area contributed by atoms with Crippen molar-refractivity contribution in [2.45, 2.75) is 0 Å². The zero-order valence-corrected chi connectivity index (χ0v) is 7.90. The minimum Gasteiger partial charge on any atom is -0.382 e. The minimum absolute atomic E-state index is 0.565. The molecule has 0 radical (unpaired) electrons. The number of nitrogens with one attached hydrogen (secondary N) is 1. The monoisotopic (exact) mass is 187 g/mol. The van der Waals surface area contributed by atoms with Gasteiger partial charge in [-0.05, 0) is 24.3 Å². The lowest BCUT2D eigenvalue weighted by molar-refractivity contribution is 1.22. The van der Waals surface area contributed by atoms with E-state index >= 15 is 0 Å². The molecule has 0 aromatic heterocycles. The first-order chi connectivity index (χ1) is 6.86. The van der Waals surface area contributed by atoms with Crippen LogP contribution in [0.3, 0.4) is 0 Å². The topological polar surface area (TPSA) is 61.8 Å². The molecule has 72 valence electrons. The van der Waals surface area contributed by atoms with Crippen molar-refractivity contribution >= 4 is 5.69 Å². The van der Waals surface area contributed by atoms with Gasteiger partial charge < -0.3 is 11.1 Å². The van der Waals surface area contributed by atoms with Gasteiger partial charge in [-0.15, -0.1) is 0 Å². The summed E-state index contributed by atoms with van der Waals surface area (Å²) in [5.41, 5.74) is 6.97. The molecule has 0 fully saturated rings. The number of hydrogen-bond donors (Lipinski definition) is 2. The quantitative estimate of drug-likeness (QED) is 0.702. The smallest absolute Gasteiger partial charge is 0.0991 e. The predicted molar refractivity (Wildman–Crippen MR) is 57.8 cm³/mol. The van der Waals surface area contributed by atoms with Crippen molar-refractivity contribution in [3.63, 3.8) is 0 Å². The third-order valence-electron chi connectivity index (χ3n) is 1.74. The molecular weight excluding hydrogens is 174 g/mol. The highest BCUT2D eigenvalue weighted by Gasteiger charge is 1.90. The first kappa shape index (κ1) is 10.3. The fourth-order valence-electron chi connectivity index (χ4n) is 1.02. The second-order valence-corrected chi connectivity index (χ2v) is 2.78. The fourth-order valence-corrected chi connectivity index (χ4v) is 1.02. The zero-order chi connectivity index (χ0) is 10.2. The van der Waals surface area contributed by atoms with Crippen molar-refractivity contribution < 1.29 is 0 Å². The summed E-state index contributed by atoms with van der Waals surface area (Å²) in [5, 5.41) is 11.8. The van der Waals surface area contributed by atoms with Gasteiger partial charge in [-0.2, -0.15) is 5.26 Å². The first-order valence-electron chi connectivity index (χ1n) is 4.46. The SMILES string of the molecule is N#Cc1ccc(NC/C=C/CN)cc1. The molecule has 0 saturated heterocycles. The lowest BCUT2D eigenvalue weighted by Crippen LogP contribution is -1.99. The molecule has 3 N–H and O–H groups in total. The molecule has 0 unspecified atom stereocenters. The van der Waals surface area contributed by atoms with Crippen LogP contribution in [0, 0.1) is 11.3 Å². The molecule has 1 aromatic rings. The number of nitrogens with zero attached hydrogens (tertiary/aromatic N) is 1. The summed E-state index contributed by atoms with van der Waals surface area (Å²) in [5.74, 6) is 0. The van der Waals surface area contributed by atoms with Crippen LogP contribution in [0.4, 0.5) is 5.69 Å². The van der Waals surface area contributed by atoms with Gasteiger partial charge in [-0.25, -0.2) is 0 Å². The van der Waals surface area contributed by atoms with E-state index < -0.39 is 0 Å². The van der Waals surface area contributed by atoms with Crippen LogP contribution in [0.2, 0.25) is 0 Å². The van der Waals surface area contributed by atoms with Crippen molar-refractivity contribution in [1.82, 2.24) is 0 Å². The molecule has 3 nitrogen and oxygen atoms in total. The fraction of sp³-hybridized carbons (Fsp3) is 0.182. The van der Waals surface area contributed by atoms with Gasteiger partial charge in [0, 0.05) is 18.8 Å².